The highest BCUT2D eigenvalue weighted by atomic mass is 16.8. The molecule has 5 nitrogen and oxygen atoms in total. The molecule has 0 radical (unpaired) electrons. The molecule has 0 spiro atoms. The lowest BCUT2D eigenvalue weighted by Crippen LogP contribution is -2.32. The maximum Gasteiger partial charge on any atom is 0.267 e. The zero-order valence-corrected chi connectivity index (χ0v) is 14.4. The topological polar surface area (TPSA) is 71.4 Å². The number of amides is 1. The molecule has 26 heavy (non-hydrogen) atoms. The molecule has 1 amide bonds. The summed E-state index contributed by atoms with van der Waals surface area (Å²) < 4.78 is 5.38. The van der Waals surface area contributed by atoms with Crippen molar-refractivity contribution in [3.8, 4) is 17.2 Å². The predicted molar refractivity (Wildman–Crippen MR) is 98.4 cm³/mol. The van der Waals surface area contributed by atoms with Crippen molar-refractivity contribution in [3.05, 3.63) is 65.7 Å². The van der Waals surface area contributed by atoms with Crippen LogP contribution in [0.25, 0.3) is 17.2 Å². The Hall–Kier alpha value is -2.94. The number of nitrogens with one attached hydrogen (secondary N) is 1. The molecule has 1 N–H and O–H groups in total. The van der Waals surface area contributed by atoms with Crippen LogP contribution in [0.1, 0.15) is 30.4 Å². The molecule has 0 saturated carbocycles. The summed E-state index contributed by atoms with van der Waals surface area (Å²) in [5.74, 6) is -0.324. The molecule has 0 bridgehead atoms. The van der Waals surface area contributed by atoms with Crippen LogP contribution in [0.15, 0.2) is 54.6 Å². The Labute approximate surface area is 152 Å². The lowest BCUT2D eigenvalue weighted by atomic mass is 10.0. The SMILES string of the molecule is N#Cc1ccc(-c2ccc(/C=C/C(=O)NOC3CCCCO3)cc2)cc1. The molecule has 0 aromatic heterocycles. The largest absolute Gasteiger partial charge is 0.350 e. The van der Waals surface area contributed by atoms with Gasteiger partial charge in [-0.05, 0) is 47.7 Å². The van der Waals surface area contributed by atoms with Crippen molar-refractivity contribution in [3.63, 3.8) is 0 Å². The Morgan fingerprint density at radius 2 is 1.81 bits per heavy atom. The third-order valence-corrected chi connectivity index (χ3v) is 4.11. The van der Waals surface area contributed by atoms with Crippen LogP contribution < -0.4 is 5.48 Å². The number of hydroxylamine groups is 1. The first kappa shape index (κ1) is 17.9. The summed E-state index contributed by atoms with van der Waals surface area (Å²) in [5, 5.41) is 8.85. The van der Waals surface area contributed by atoms with Crippen molar-refractivity contribution in [2.24, 2.45) is 0 Å². The summed E-state index contributed by atoms with van der Waals surface area (Å²) in [5.41, 5.74) is 6.03. The van der Waals surface area contributed by atoms with Crippen molar-refractivity contribution in [2.75, 3.05) is 6.61 Å². The van der Waals surface area contributed by atoms with E-state index in [0.717, 1.165) is 36.0 Å². The molecule has 1 aliphatic rings. The Morgan fingerprint density at radius 3 is 2.42 bits per heavy atom. The highest BCUT2D eigenvalue weighted by Crippen LogP contribution is 2.20. The number of nitrogens with zero attached hydrogens (tertiary/aromatic N) is 1. The third-order valence-electron chi connectivity index (χ3n) is 4.11. The molecular formula is C21H20N2O3. The van der Waals surface area contributed by atoms with E-state index in [1.165, 1.54) is 6.08 Å². The van der Waals surface area contributed by atoms with Gasteiger partial charge in [-0.3, -0.25) is 4.79 Å². The van der Waals surface area contributed by atoms with Gasteiger partial charge in [0.05, 0.1) is 11.6 Å². The van der Waals surface area contributed by atoms with Gasteiger partial charge < -0.3 is 4.74 Å². The number of nitriles is 1. The van der Waals surface area contributed by atoms with Crippen LogP contribution in [0.3, 0.4) is 0 Å². The van der Waals surface area contributed by atoms with Crippen molar-refractivity contribution in [2.45, 2.75) is 25.6 Å². The van der Waals surface area contributed by atoms with Crippen LogP contribution in [0, 0.1) is 11.3 Å². The van der Waals surface area contributed by atoms with E-state index in [-0.39, 0.29) is 12.2 Å². The molecule has 2 aromatic carbocycles. The van der Waals surface area contributed by atoms with E-state index in [9.17, 15) is 4.79 Å². The summed E-state index contributed by atoms with van der Waals surface area (Å²) in [7, 11) is 0. The molecule has 1 fully saturated rings. The third kappa shape index (κ3) is 5.03. The van der Waals surface area contributed by atoms with E-state index < -0.39 is 0 Å². The summed E-state index contributed by atoms with van der Waals surface area (Å²) in [6.07, 6.45) is 5.67. The lowest BCUT2D eigenvalue weighted by Gasteiger charge is -2.21. The van der Waals surface area contributed by atoms with Gasteiger partial charge in [0.2, 0.25) is 0 Å². The Morgan fingerprint density at radius 1 is 1.12 bits per heavy atom. The Bertz CT molecular complexity index is 799. The van der Waals surface area contributed by atoms with Crippen molar-refractivity contribution in [1.82, 2.24) is 5.48 Å². The average molecular weight is 348 g/mol. The van der Waals surface area contributed by atoms with Gasteiger partial charge in [0.25, 0.3) is 5.91 Å². The minimum atomic E-state index is -0.354. The fourth-order valence-corrected chi connectivity index (χ4v) is 2.66. The average Bonchev–Trinajstić information content (AvgIpc) is 2.72. The molecule has 1 unspecified atom stereocenters. The molecule has 1 heterocycles. The normalized spacial score (nSPS) is 17.0. The van der Waals surface area contributed by atoms with Gasteiger partial charge in [-0.15, -0.1) is 0 Å². The predicted octanol–water partition coefficient (Wildman–Crippen LogP) is 3.81. The van der Waals surface area contributed by atoms with Gasteiger partial charge in [-0.2, -0.15) is 5.26 Å². The number of benzene rings is 2. The maximum atomic E-state index is 11.8. The molecule has 1 aliphatic heterocycles. The molecule has 1 saturated heterocycles. The second kappa shape index (κ2) is 8.95. The Kier molecular flexibility index (Phi) is 6.15. The highest BCUT2D eigenvalue weighted by molar-refractivity contribution is 5.91. The van der Waals surface area contributed by atoms with Gasteiger partial charge in [-0.25, -0.2) is 10.3 Å². The van der Waals surface area contributed by atoms with Gasteiger partial charge in [-0.1, -0.05) is 36.4 Å². The van der Waals surface area contributed by atoms with E-state index in [4.69, 9.17) is 14.8 Å². The van der Waals surface area contributed by atoms with Gasteiger partial charge >= 0.3 is 0 Å². The first-order valence-corrected chi connectivity index (χ1v) is 8.60. The minimum absolute atomic E-state index is 0.324. The molecule has 0 aliphatic carbocycles. The van der Waals surface area contributed by atoms with E-state index in [2.05, 4.69) is 11.5 Å². The van der Waals surface area contributed by atoms with Gasteiger partial charge in [0.15, 0.2) is 6.29 Å². The minimum Gasteiger partial charge on any atom is -0.350 e. The monoisotopic (exact) mass is 348 g/mol. The molecule has 132 valence electrons. The maximum absolute atomic E-state index is 11.8. The van der Waals surface area contributed by atoms with Crippen LogP contribution in [-0.2, 0) is 14.4 Å². The van der Waals surface area contributed by atoms with Crippen LogP contribution in [-0.4, -0.2) is 18.8 Å². The number of hydrogen-bond donors (Lipinski definition) is 1. The molecular weight excluding hydrogens is 328 g/mol. The summed E-state index contributed by atoms with van der Waals surface area (Å²) in [6, 6.07) is 17.4. The smallest absolute Gasteiger partial charge is 0.267 e. The number of rotatable bonds is 5. The van der Waals surface area contributed by atoms with Crippen molar-refractivity contribution in [1.29, 1.82) is 5.26 Å². The fraction of sp³-hybridized carbons (Fsp3) is 0.238. The van der Waals surface area contributed by atoms with Crippen LogP contribution in [0.5, 0.6) is 0 Å². The molecule has 5 heteroatoms. The summed E-state index contributed by atoms with van der Waals surface area (Å²) in [6.45, 7) is 0.669. The fourth-order valence-electron chi connectivity index (χ4n) is 2.66. The second-order valence-electron chi connectivity index (χ2n) is 6.02. The number of carbonyl (C=O) groups excluding carboxylic acids is 1. The standard InChI is InChI=1S/C21H20N2O3/c22-15-17-6-11-19(12-7-17)18-9-4-16(5-10-18)8-13-20(24)23-26-21-3-1-2-14-25-21/h4-13,21H,1-3,14H2,(H,23,24)/b13-8+. The van der Waals surface area contributed by atoms with E-state index >= 15 is 0 Å². The van der Waals surface area contributed by atoms with Gasteiger partial charge in [0.1, 0.15) is 0 Å². The first-order valence-electron chi connectivity index (χ1n) is 8.60. The van der Waals surface area contributed by atoms with Crippen LogP contribution >= 0.6 is 0 Å². The Balaban J connectivity index is 1.53. The van der Waals surface area contributed by atoms with Gasteiger partial charge in [0, 0.05) is 19.1 Å². The van der Waals surface area contributed by atoms with E-state index in [0.29, 0.717) is 12.2 Å². The zero-order valence-electron chi connectivity index (χ0n) is 14.4. The number of hydrogen-bond acceptors (Lipinski definition) is 4. The number of ether oxygens (including phenoxy) is 1. The molecule has 3 rings (SSSR count). The van der Waals surface area contributed by atoms with Crippen molar-refractivity contribution < 1.29 is 14.4 Å². The van der Waals surface area contributed by atoms with E-state index in [1.54, 1.807) is 18.2 Å². The quantitative estimate of drug-likeness (QED) is 0.659. The molecule has 1 atom stereocenters. The first-order chi connectivity index (χ1) is 12.7. The molecule has 2 aromatic rings. The highest BCUT2D eigenvalue weighted by Gasteiger charge is 2.14. The number of carbonyl (C=O) groups is 1. The lowest BCUT2D eigenvalue weighted by molar-refractivity contribution is -0.198. The van der Waals surface area contributed by atoms with Crippen molar-refractivity contribution >= 4 is 12.0 Å². The van der Waals surface area contributed by atoms with Crippen LogP contribution in [0.2, 0.25) is 0 Å². The summed E-state index contributed by atoms with van der Waals surface area (Å²) in [4.78, 5) is 17.0. The second-order valence-corrected chi connectivity index (χ2v) is 6.02. The summed E-state index contributed by atoms with van der Waals surface area (Å²) >= 11 is 0. The zero-order chi connectivity index (χ0) is 18.2. The van der Waals surface area contributed by atoms with Crippen LogP contribution in [0.4, 0.5) is 0 Å². The van der Waals surface area contributed by atoms with E-state index in [1.807, 2.05) is 36.4 Å².